The zero-order valence-corrected chi connectivity index (χ0v) is 20.2. The van der Waals surface area contributed by atoms with E-state index in [0.717, 1.165) is 51.8 Å². The summed E-state index contributed by atoms with van der Waals surface area (Å²) in [4.78, 5) is 9.45. The first-order chi connectivity index (χ1) is 14.2. The van der Waals surface area contributed by atoms with Gasteiger partial charge in [-0.05, 0) is 17.5 Å². The van der Waals surface area contributed by atoms with Crippen LogP contribution in [0.2, 0.25) is 0 Å². The average molecular weight is 524 g/mol. The third-order valence-electron chi connectivity index (χ3n) is 5.82. The van der Waals surface area contributed by atoms with Crippen LogP contribution in [0.5, 0.6) is 0 Å². The van der Waals surface area contributed by atoms with Crippen molar-refractivity contribution in [3.63, 3.8) is 0 Å². The minimum Gasteiger partial charge on any atom is -0.373 e. The number of hydrogen-bond donors (Lipinski definition) is 1. The van der Waals surface area contributed by atoms with E-state index in [9.17, 15) is 0 Å². The number of ether oxygens (including phenoxy) is 1. The Bertz CT molecular complexity index is 784. The van der Waals surface area contributed by atoms with Crippen LogP contribution < -0.4 is 5.32 Å². The van der Waals surface area contributed by atoms with Gasteiger partial charge in [-0.3, -0.25) is 14.6 Å². The number of halogens is 1. The topological polar surface area (TPSA) is 57.9 Å². The van der Waals surface area contributed by atoms with Crippen molar-refractivity contribution >= 4 is 29.9 Å². The van der Waals surface area contributed by atoms with Crippen LogP contribution in [0.25, 0.3) is 0 Å². The Labute approximate surface area is 196 Å². The van der Waals surface area contributed by atoms with Gasteiger partial charge < -0.3 is 15.0 Å². The molecule has 3 heterocycles. The molecule has 30 heavy (non-hydrogen) atoms. The predicted octanol–water partition coefficient (Wildman–Crippen LogP) is 2.30. The number of nitrogens with one attached hydrogen (secondary N) is 1. The van der Waals surface area contributed by atoms with Gasteiger partial charge in [0.2, 0.25) is 0 Å². The van der Waals surface area contributed by atoms with Crippen molar-refractivity contribution in [2.24, 2.45) is 10.9 Å². The molecule has 7 nitrogen and oxygen atoms in total. The van der Waals surface area contributed by atoms with Crippen molar-refractivity contribution in [2.75, 3.05) is 39.8 Å². The summed E-state index contributed by atoms with van der Waals surface area (Å²) in [5.41, 5.74) is 1.36. The SMILES string of the molecule is CN=C(NCC(C)Cn1cccn1)N1CC2OCCN(Cc3ccccc3)C2C1.I. The summed E-state index contributed by atoms with van der Waals surface area (Å²) in [7, 11) is 1.87. The summed E-state index contributed by atoms with van der Waals surface area (Å²) in [6.45, 7) is 8.60. The van der Waals surface area contributed by atoms with Crippen LogP contribution >= 0.6 is 24.0 Å². The number of aliphatic imine (C=N–C) groups is 1. The molecule has 1 aromatic heterocycles. The number of morpholine rings is 1. The number of guanidine groups is 1. The molecule has 2 saturated heterocycles. The highest BCUT2D eigenvalue weighted by Crippen LogP contribution is 2.24. The van der Waals surface area contributed by atoms with Crippen molar-refractivity contribution < 1.29 is 4.74 Å². The smallest absolute Gasteiger partial charge is 0.193 e. The molecular weight excluding hydrogens is 491 g/mol. The van der Waals surface area contributed by atoms with Gasteiger partial charge in [0, 0.05) is 58.7 Å². The molecule has 4 rings (SSSR count). The van der Waals surface area contributed by atoms with Crippen LogP contribution in [0.4, 0.5) is 0 Å². The minimum absolute atomic E-state index is 0. The summed E-state index contributed by atoms with van der Waals surface area (Å²) in [5, 5.41) is 7.86. The van der Waals surface area contributed by atoms with Gasteiger partial charge in [-0.1, -0.05) is 37.3 Å². The van der Waals surface area contributed by atoms with E-state index in [1.165, 1.54) is 5.56 Å². The van der Waals surface area contributed by atoms with Gasteiger partial charge in [0.25, 0.3) is 0 Å². The standard InChI is InChI=1S/C22H32N6O.HI/c1-18(14-28-10-6-9-25-28)13-24-22(23-2)27-16-20-21(17-27)29-12-11-26(20)15-19-7-4-3-5-8-19;/h3-10,18,20-21H,11-17H2,1-2H3,(H,23,24);1H. The molecule has 0 saturated carbocycles. The van der Waals surface area contributed by atoms with E-state index in [1.54, 1.807) is 0 Å². The highest BCUT2D eigenvalue weighted by atomic mass is 127. The first-order valence-electron chi connectivity index (χ1n) is 10.6. The molecule has 164 valence electrons. The third kappa shape index (κ3) is 5.73. The highest BCUT2D eigenvalue weighted by molar-refractivity contribution is 14.0. The number of benzene rings is 1. The summed E-state index contributed by atoms with van der Waals surface area (Å²) in [6.07, 6.45) is 4.08. The van der Waals surface area contributed by atoms with E-state index in [-0.39, 0.29) is 30.1 Å². The molecule has 0 spiro atoms. The molecular formula is C22H33IN6O. The zero-order valence-electron chi connectivity index (χ0n) is 17.9. The number of hydrogen-bond acceptors (Lipinski definition) is 4. The lowest BCUT2D eigenvalue weighted by molar-refractivity contribution is -0.0502. The number of nitrogens with zero attached hydrogens (tertiary/aromatic N) is 5. The lowest BCUT2D eigenvalue weighted by atomic mass is 10.1. The quantitative estimate of drug-likeness (QED) is 0.357. The molecule has 2 fully saturated rings. The van der Waals surface area contributed by atoms with Crippen molar-refractivity contribution in [2.45, 2.75) is 32.2 Å². The molecule has 8 heteroatoms. The van der Waals surface area contributed by atoms with E-state index in [1.807, 2.05) is 30.2 Å². The fourth-order valence-electron chi connectivity index (χ4n) is 4.34. The van der Waals surface area contributed by atoms with Gasteiger partial charge in [0.05, 0.1) is 18.8 Å². The maximum absolute atomic E-state index is 6.11. The number of aromatic nitrogens is 2. The summed E-state index contributed by atoms with van der Waals surface area (Å²) < 4.78 is 8.09. The van der Waals surface area contributed by atoms with Crippen LogP contribution in [-0.4, -0.2) is 77.5 Å². The molecule has 1 aromatic carbocycles. The van der Waals surface area contributed by atoms with E-state index < -0.39 is 0 Å². The normalized spacial score (nSPS) is 23.0. The molecule has 2 aromatic rings. The fourth-order valence-corrected chi connectivity index (χ4v) is 4.34. The van der Waals surface area contributed by atoms with Gasteiger partial charge in [-0.25, -0.2) is 0 Å². The molecule has 3 atom stereocenters. The molecule has 0 bridgehead atoms. The van der Waals surface area contributed by atoms with Crippen LogP contribution in [0.15, 0.2) is 53.8 Å². The second-order valence-corrected chi connectivity index (χ2v) is 8.10. The van der Waals surface area contributed by atoms with Crippen LogP contribution in [-0.2, 0) is 17.8 Å². The fraction of sp³-hybridized carbons (Fsp3) is 0.545. The Balaban J connectivity index is 0.00000256. The lowest BCUT2D eigenvalue weighted by Gasteiger charge is -2.36. The summed E-state index contributed by atoms with van der Waals surface area (Å²) in [6, 6.07) is 13.1. The molecule has 2 aliphatic rings. The predicted molar refractivity (Wildman–Crippen MR) is 130 cm³/mol. The zero-order chi connectivity index (χ0) is 20.1. The first-order valence-corrected chi connectivity index (χ1v) is 10.6. The Morgan fingerprint density at radius 1 is 1.27 bits per heavy atom. The molecule has 0 amide bonds. The first kappa shape index (κ1) is 23.0. The molecule has 2 aliphatic heterocycles. The molecule has 3 unspecified atom stereocenters. The van der Waals surface area contributed by atoms with Crippen LogP contribution in [0.1, 0.15) is 12.5 Å². The summed E-state index contributed by atoms with van der Waals surface area (Å²) in [5.74, 6) is 1.43. The van der Waals surface area contributed by atoms with E-state index >= 15 is 0 Å². The van der Waals surface area contributed by atoms with Crippen LogP contribution in [0.3, 0.4) is 0 Å². The Hall–Kier alpha value is -1.65. The van der Waals surface area contributed by atoms with Crippen molar-refractivity contribution in [1.29, 1.82) is 0 Å². The Morgan fingerprint density at radius 2 is 2.10 bits per heavy atom. The second-order valence-electron chi connectivity index (χ2n) is 8.10. The number of rotatable bonds is 6. The lowest BCUT2D eigenvalue weighted by Crippen LogP contribution is -2.50. The van der Waals surface area contributed by atoms with Crippen LogP contribution in [0, 0.1) is 5.92 Å². The number of likely N-dealkylation sites (tertiary alicyclic amines) is 1. The Morgan fingerprint density at radius 3 is 2.83 bits per heavy atom. The molecule has 0 radical (unpaired) electrons. The minimum atomic E-state index is 0. The van der Waals surface area contributed by atoms with Gasteiger partial charge in [0.15, 0.2) is 5.96 Å². The van der Waals surface area contributed by atoms with Gasteiger partial charge >= 0.3 is 0 Å². The maximum Gasteiger partial charge on any atom is 0.193 e. The average Bonchev–Trinajstić information content (AvgIpc) is 3.39. The largest absolute Gasteiger partial charge is 0.373 e. The third-order valence-corrected chi connectivity index (χ3v) is 5.82. The molecule has 0 aliphatic carbocycles. The van der Waals surface area contributed by atoms with E-state index in [0.29, 0.717) is 12.0 Å². The monoisotopic (exact) mass is 524 g/mol. The highest BCUT2D eigenvalue weighted by Gasteiger charge is 2.41. The van der Waals surface area contributed by atoms with E-state index in [4.69, 9.17) is 4.74 Å². The van der Waals surface area contributed by atoms with Crippen molar-refractivity contribution in [3.8, 4) is 0 Å². The Kier molecular flexibility index (Phi) is 8.52. The maximum atomic E-state index is 6.11. The molecule has 1 N–H and O–H groups in total. The van der Waals surface area contributed by atoms with Gasteiger partial charge in [0.1, 0.15) is 0 Å². The van der Waals surface area contributed by atoms with Gasteiger partial charge in [-0.15, -0.1) is 24.0 Å². The summed E-state index contributed by atoms with van der Waals surface area (Å²) >= 11 is 0. The van der Waals surface area contributed by atoms with Crippen molar-refractivity contribution in [3.05, 3.63) is 54.4 Å². The van der Waals surface area contributed by atoms with Gasteiger partial charge in [-0.2, -0.15) is 5.10 Å². The van der Waals surface area contributed by atoms with Crippen molar-refractivity contribution in [1.82, 2.24) is 24.9 Å². The second kappa shape index (κ2) is 11.1. The number of fused-ring (bicyclic) bond motifs is 1. The van der Waals surface area contributed by atoms with E-state index in [2.05, 4.69) is 62.5 Å².